The average molecular weight is 725 g/mol. The Balaban J connectivity index is 1.07. The van der Waals surface area contributed by atoms with Gasteiger partial charge >= 0.3 is 0 Å². The maximum atomic E-state index is 4.23. The van der Waals surface area contributed by atoms with Gasteiger partial charge in [0.05, 0.1) is 21.7 Å². The van der Waals surface area contributed by atoms with E-state index in [4.69, 9.17) is 0 Å². The smallest absolute Gasteiger partial charge is 0.0584 e. The van der Waals surface area contributed by atoms with Crippen LogP contribution in [0.1, 0.15) is 90.1 Å². The molecule has 4 aliphatic carbocycles. The van der Waals surface area contributed by atoms with E-state index in [9.17, 15) is 0 Å². The van der Waals surface area contributed by atoms with Gasteiger partial charge in [-0.2, -0.15) is 0 Å². The number of fused-ring (bicyclic) bond motifs is 20. The molecule has 0 atom stereocenters. The summed E-state index contributed by atoms with van der Waals surface area (Å²) in [6.45, 7) is 0. The van der Waals surface area contributed by atoms with Crippen LogP contribution in [0.25, 0.3) is 0 Å². The van der Waals surface area contributed by atoms with Crippen LogP contribution in [-0.2, 0) is 73.0 Å². The molecule has 8 bridgehead atoms. The summed E-state index contributed by atoms with van der Waals surface area (Å²) >= 11 is 0. The molecule has 13 rings (SSSR count). The monoisotopic (exact) mass is 724 g/mol. The van der Waals surface area contributed by atoms with Gasteiger partial charge in [-0.3, -0.25) is 0 Å². The van der Waals surface area contributed by atoms with Crippen LogP contribution in [0.15, 0.2) is 146 Å². The molecule has 4 aromatic heterocycles. The number of rotatable bonds is 0. The molecule has 4 N–H and O–H groups in total. The first-order valence-corrected chi connectivity index (χ1v) is 20.6. The molecule has 5 heterocycles. The zero-order chi connectivity index (χ0) is 36.7. The van der Waals surface area contributed by atoms with Crippen LogP contribution in [0.3, 0.4) is 0 Å². The minimum atomic E-state index is -0.238. The Morgan fingerprint density at radius 3 is 0.500 bits per heavy atom. The van der Waals surface area contributed by atoms with Gasteiger partial charge in [0.2, 0.25) is 0 Å². The molecule has 0 unspecified atom stereocenters. The lowest BCUT2D eigenvalue weighted by Gasteiger charge is -2.33. The quantitative estimate of drug-likeness (QED) is 0.120. The van der Waals surface area contributed by atoms with Crippen LogP contribution in [-0.4, -0.2) is 19.9 Å². The Hall–Kier alpha value is -6.00. The summed E-state index contributed by atoms with van der Waals surface area (Å²) in [5.41, 5.74) is 21.1. The van der Waals surface area contributed by atoms with Crippen molar-refractivity contribution in [2.75, 3.05) is 0 Å². The Labute approximate surface area is 327 Å². The molecule has 0 fully saturated rings. The summed E-state index contributed by atoms with van der Waals surface area (Å²) in [5, 5.41) is 0. The molecule has 56 heavy (non-hydrogen) atoms. The van der Waals surface area contributed by atoms with Crippen molar-refractivity contribution in [2.45, 2.75) is 73.0 Å². The van der Waals surface area contributed by atoms with Gasteiger partial charge in [0.25, 0.3) is 0 Å². The lowest BCUT2D eigenvalue weighted by molar-refractivity contribution is 0.471. The fraction of sp³-hybridized carbons (Fsp3) is 0.231. The third-order valence-corrected chi connectivity index (χ3v) is 15.3. The predicted octanol–water partition coefficient (Wildman–Crippen LogP) is 9.65. The van der Waals surface area contributed by atoms with Crippen molar-refractivity contribution >= 4 is 0 Å². The number of aromatic nitrogens is 4. The van der Waals surface area contributed by atoms with E-state index in [0.717, 1.165) is 51.4 Å². The summed E-state index contributed by atoms with van der Waals surface area (Å²) in [7, 11) is 0. The molecule has 1 aliphatic heterocycles. The topological polar surface area (TPSA) is 63.2 Å². The van der Waals surface area contributed by atoms with Crippen LogP contribution in [0.5, 0.6) is 0 Å². The van der Waals surface area contributed by atoms with Gasteiger partial charge < -0.3 is 19.9 Å². The van der Waals surface area contributed by atoms with E-state index in [-0.39, 0.29) is 21.7 Å². The molecule has 5 aliphatic rings. The molecule has 0 radical (unpaired) electrons. The Morgan fingerprint density at radius 2 is 0.357 bits per heavy atom. The van der Waals surface area contributed by atoms with Crippen molar-refractivity contribution in [3.05, 3.63) is 236 Å². The van der Waals surface area contributed by atoms with E-state index >= 15 is 0 Å². The fourth-order valence-electron chi connectivity index (χ4n) is 12.4. The Bertz CT molecular complexity index is 2300. The van der Waals surface area contributed by atoms with Crippen molar-refractivity contribution in [3.8, 4) is 0 Å². The van der Waals surface area contributed by atoms with Crippen LogP contribution < -0.4 is 0 Å². The average Bonchev–Trinajstić information content (AvgIpc) is 4.08. The van der Waals surface area contributed by atoms with Gasteiger partial charge in [-0.15, -0.1) is 0 Å². The van der Waals surface area contributed by atoms with Gasteiger partial charge in [-0.05, 0) is 144 Å². The molecule has 0 amide bonds. The van der Waals surface area contributed by atoms with Gasteiger partial charge in [-0.25, -0.2) is 0 Å². The highest BCUT2D eigenvalue weighted by molar-refractivity contribution is 5.56. The van der Waals surface area contributed by atoms with E-state index in [1.54, 1.807) is 0 Å². The molecule has 4 heteroatoms. The summed E-state index contributed by atoms with van der Waals surface area (Å²) in [5.74, 6) is 0. The molecule has 4 spiro atoms. The summed E-state index contributed by atoms with van der Waals surface area (Å²) < 4.78 is 0. The van der Waals surface area contributed by atoms with Crippen molar-refractivity contribution in [1.29, 1.82) is 0 Å². The molecular weight excluding hydrogens is 681 g/mol. The van der Waals surface area contributed by atoms with Gasteiger partial charge in [0.15, 0.2) is 0 Å². The van der Waals surface area contributed by atoms with Crippen LogP contribution >= 0.6 is 0 Å². The molecular formula is C52H44N4. The highest BCUT2D eigenvalue weighted by Gasteiger charge is 2.51. The third-order valence-electron chi connectivity index (χ3n) is 15.3. The number of hydrogen-bond acceptors (Lipinski definition) is 0. The van der Waals surface area contributed by atoms with E-state index in [2.05, 4.69) is 166 Å². The van der Waals surface area contributed by atoms with Crippen LogP contribution in [0.2, 0.25) is 0 Å². The number of H-pyrrole nitrogens is 4. The standard InChI is InChI=1S/C52H44N4/c1-2-10-34-26-49(25-33(34)9-1)41-17-19-43(53-41)50(27-35-11-3-4-12-36(35)28-50)45-21-23-47(55-45)52(31-39-15-7-8-16-40(39)32-52)48-24-22-46(56-48)51(44-20-18-42(49)54-44)29-37-13-5-6-14-38(37)30-51/h1-24,53-56H,25-32H2. The van der Waals surface area contributed by atoms with Crippen molar-refractivity contribution in [3.63, 3.8) is 0 Å². The van der Waals surface area contributed by atoms with E-state index in [0.29, 0.717) is 0 Å². The van der Waals surface area contributed by atoms with Gasteiger partial charge in [0.1, 0.15) is 0 Å². The first kappa shape index (κ1) is 31.2. The molecule has 4 nitrogen and oxygen atoms in total. The normalized spacial score (nSPS) is 19.4. The summed E-state index contributed by atoms with van der Waals surface area (Å²) in [4.78, 5) is 16.9. The SMILES string of the molecule is c1ccc2c(c1)CC1(C2)c2ccc([nH]2)C2(Cc3ccccc3C2)c2ccc([nH]2)C2(Cc3ccccc3C2)c2ccc([nH]2)C2(Cc3ccccc3C2)c2ccc1[nH]2. The van der Waals surface area contributed by atoms with E-state index in [1.165, 1.54) is 90.1 Å². The minimum Gasteiger partial charge on any atom is -0.361 e. The van der Waals surface area contributed by atoms with Crippen molar-refractivity contribution in [1.82, 2.24) is 19.9 Å². The molecule has 272 valence electrons. The second kappa shape index (κ2) is 10.9. The maximum Gasteiger partial charge on any atom is 0.0584 e. The third kappa shape index (κ3) is 4.04. The largest absolute Gasteiger partial charge is 0.361 e. The molecule has 0 saturated heterocycles. The molecule has 4 aromatic carbocycles. The highest BCUT2D eigenvalue weighted by Crippen LogP contribution is 2.53. The first-order chi connectivity index (χ1) is 27.5. The minimum absolute atomic E-state index is 0.238. The van der Waals surface area contributed by atoms with Crippen LogP contribution in [0, 0.1) is 0 Å². The summed E-state index contributed by atoms with van der Waals surface area (Å²) in [6, 6.07) is 55.9. The zero-order valence-corrected chi connectivity index (χ0v) is 31.5. The van der Waals surface area contributed by atoms with Gasteiger partial charge in [0, 0.05) is 45.6 Å². The lowest BCUT2D eigenvalue weighted by atomic mass is 9.77. The number of benzene rings is 4. The Morgan fingerprint density at radius 1 is 0.214 bits per heavy atom. The van der Waals surface area contributed by atoms with Crippen molar-refractivity contribution < 1.29 is 0 Å². The number of aromatic amines is 4. The Kier molecular flexibility index (Phi) is 6.05. The number of nitrogens with one attached hydrogen (secondary N) is 4. The summed E-state index contributed by atoms with van der Waals surface area (Å²) in [6.07, 6.45) is 7.71. The number of hydrogen-bond donors (Lipinski definition) is 4. The van der Waals surface area contributed by atoms with Crippen LogP contribution in [0.4, 0.5) is 0 Å². The van der Waals surface area contributed by atoms with Gasteiger partial charge in [-0.1, -0.05) is 97.1 Å². The highest BCUT2D eigenvalue weighted by atomic mass is 14.9. The van der Waals surface area contributed by atoms with E-state index < -0.39 is 0 Å². The van der Waals surface area contributed by atoms with Crippen molar-refractivity contribution in [2.24, 2.45) is 0 Å². The maximum absolute atomic E-state index is 4.23. The first-order valence-electron chi connectivity index (χ1n) is 20.6. The second-order valence-corrected chi connectivity index (χ2v) is 18.0. The second-order valence-electron chi connectivity index (χ2n) is 18.0. The lowest BCUT2D eigenvalue weighted by Crippen LogP contribution is -2.35. The zero-order valence-electron chi connectivity index (χ0n) is 31.5. The van der Waals surface area contributed by atoms with E-state index in [1.807, 2.05) is 0 Å². The molecule has 8 aromatic rings. The predicted molar refractivity (Wildman–Crippen MR) is 222 cm³/mol. The molecule has 0 saturated carbocycles. The fourth-order valence-corrected chi connectivity index (χ4v) is 12.4.